The van der Waals surface area contributed by atoms with Crippen LogP contribution in [0.2, 0.25) is 0 Å². The highest BCUT2D eigenvalue weighted by molar-refractivity contribution is 5.67. The molecule has 0 unspecified atom stereocenters. The van der Waals surface area contributed by atoms with E-state index in [1.807, 2.05) is 0 Å². The van der Waals surface area contributed by atoms with Gasteiger partial charge in [-0.3, -0.25) is 0 Å². The quantitative estimate of drug-likeness (QED) is 0.170. The van der Waals surface area contributed by atoms with Crippen molar-refractivity contribution >= 4 is 24.3 Å². The summed E-state index contributed by atoms with van der Waals surface area (Å²) >= 11 is 0. The van der Waals surface area contributed by atoms with Crippen LogP contribution in [0.4, 0.5) is 0 Å². The number of allylic oxidation sites excluding steroid dienone is 4. The fraction of sp³-hybridized carbons (Fsp3) is 0.579. The van der Waals surface area contributed by atoms with Gasteiger partial charge in [-0.2, -0.15) is 0 Å². The predicted molar refractivity (Wildman–Crippen MR) is 188 cm³/mol. The highest BCUT2D eigenvalue weighted by Crippen LogP contribution is 2.44. The highest BCUT2D eigenvalue weighted by atomic mass is 16.5. The molecule has 2 aromatic rings. The van der Waals surface area contributed by atoms with Crippen LogP contribution in [0.1, 0.15) is 112 Å². The SMILES string of the molecule is COCCC(CCOC)c1cc2[nH]c1C=C1NC(=Cc3cc(C(CCOC)CCOC)c([nH]3)C=C3NC(=C2)CC3(C)C)CC1(C)C. The molecule has 8 bridgehead atoms. The molecule has 8 nitrogen and oxygen atoms in total. The number of H-pyrrole nitrogens is 2. The zero-order valence-electron chi connectivity index (χ0n) is 29.3. The lowest BCUT2D eigenvalue weighted by Gasteiger charge is -2.19. The molecular weight excluding hydrogens is 576 g/mol. The zero-order valence-corrected chi connectivity index (χ0v) is 29.3. The lowest BCUT2D eigenvalue weighted by atomic mass is 9.86. The number of methoxy groups -OCH3 is 4. The van der Waals surface area contributed by atoms with Crippen molar-refractivity contribution in [3.63, 3.8) is 0 Å². The van der Waals surface area contributed by atoms with Crippen LogP contribution in [0.3, 0.4) is 0 Å². The van der Waals surface area contributed by atoms with Gasteiger partial charge in [0.1, 0.15) is 0 Å². The summed E-state index contributed by atoms with van der Waals surface area (Å²) in [7, 11) is 7.12. The van der Waals surface area contributed by atoms with Crippen molar-refractivity contribution in [2.75, 3.05) is 54.9 Å². The van der Waals surface area contributed by atoms with Crippen molar-refractivity contribution in [3.05, 3.63) is 68.8 Å². The number of aromatic amines is 2. The smallest absolute Gasteiger partial charge is 0.0468 e. The van der Waals surface area contributed by atoms with Gasteiger partial charge in [0.2, 0.25) is 0 Å². The van der Waals surface area contributed by atoms with Gasteiger partial charge < -0.3 is 39.5 Å². The van der Waals surface area contributed by atoms with Gasteiger partial charge >= 0.3 is 0 Å². The second-order valence-electron chi connectivity index (χ2n) is 14.5. The molecular formula is C38H56N4O4. The Kier molecular flexibility index (Phi) is 11.0. The Balaban J connectivity index is 1.65. The fourth-order valence-electron chi connectivity index (χ4n) is 7.26. The monoisotopic (exact) mass is 632 g/mol. The summed E-state index contributed by atoms with van der Waals surface area (Å²) in [4.78, 5) is 7.62. The van der Waals surface area contributed by atoms with E-state index in [1.165, 1.54) is 33.9 Å². The molecule has 0 aromatic carbocycles. The first-order chi connectivity index (χ1) is 22.1. The van der Waals surface area contributed by atoms with Gasteiger partial charge in [-0.15, -0.1) is 0 Å². The summed E-state index contributed by atoms with van der Waals surface area (Å²) in [6, 6.07) is 4.68. The van der Waals surface area contributed by atoms with Gasteiger partial charge in [0.15, 0.2) is 0 Å². The lowest BCUT2D eigenvalue weighted by molar-refractivity contribution is 0.163. The third kappa shape index (κ3) is 7.91. The Morgan fingerprint density at radius 3 is 1.24 bits per heavy atom. The molecule has 2 fully saturated rings. The van der Waals surface area contributed by atoms with E-state index >= 15 is 0 Å². The van der Waals surface area contributed by atoms with Crippen LogP contribution < -0.4 is 10.6 Å². The van der Waals surface area contributed by atoms with E-state index in [2.05, 4.69) is 84.7 Å². The molecule has 2 saturated heterocycles. The fourth-order valence-corrected chi connectivity index (χ4v) is 7.26. The minimum Gasteiger partial charge on any atom is -0.385 e. The average molecular weight is 633 g/mol. The molecule has 3 aliphatic rings. The molecule has 252 valence electrons. The molecule has 0 atom stereocenters. The number of nitrogens with one attached hydrogen (secondary N) is 4. The Morgan fingerprint density at radius 2 is 0.913 bits per heavy atom. The number of hydrogen-bond acceptors (Lipinski definition) is 6. The normalized spacial score (nSPS) is 18.3. The summed E-state index contributed by atoms with van der Waals surface area (Å²) in [6.07, 6.45) is 14.9. The third-order valence-electron chi connectivity index (χ3n) is 9.91. The first kappa shape index (κ1) is 34.3. The van der Waals surface area contributed by atoms with E-state index < -0.39 is 0 Å². The molecule has 46 heavy (non-hydrogen) atoms. The summed E-state index contributed by atoms with van der Waals surface area (Å²) in [6.45, 7) is 12.2. The molecule has 5 heterocycles. The van der Waals surface area contributed by atoms with Crippen LogP contribution in [0.15, 0.2) is 34.9 Å². The van der Waals surface area contributed by atoms with Crippen molar-refractivity contribution in [1.29, 1.82) is 0 Å². The molecule has 0 aliphatic carbocycles. The van der Waals surface area contributed by atoms with Crippen molar-refractivity contribution in [2.24, 2.45) is 10.8 Å². The second kappa shape index (κ2) is 14.8. The Labute approximate surface area is 276 Å². The van der Waals surface area contributed by atoms with Gasteiger partial charge in [0.05, 0.1) is 0 Å². The molecule has 0 radical (unpaired) electrons. The molecule has 8 heteroatoms. The van der Waals surface area contributed by atoms with E-state index in [9.17, 15) is 0 Å². The van der Waals surface area contributed by atoms with E-state index in [0.29, 0.717) is 38.3 Å². The number of rotatable bonds is 14. The Bertz CT molecular complexity index is 1340. The number of ether oxygens (including phenoxy) is 4. The predicted octanol–water partition coefficient (Wildman–Crippen LogP) is 7.77. The molecule has 3 aliphatic heterocycles. The minimum atomic E-state index is -0.0420. The summed E-state index contributed by atoms with van der Waals surface area (Å²) in [5.74, 6) is 0.639. The van der Waals surface area contributed by atoms with Gasteiger partial charge in [-0.1, -0.05) is 27.7 Å². The minimum absolute atomic E-state index is 0.0420. The van der Waals surface area contributed by atoms with Gasteiger partial charge in [0, 0.05) is 111 Å². The second-order valence-corrected chi connectivity index (χ2v) is 14.5. The van der Waals surface area contributed by atoms with Crippen molar-refractivity contribution in [1.82, 2.24) is 20.6 Å². The maximum absolute atomic E-state index is 5.53. The number of aromatic nitrogens is 2. The first-order valence-corrected chi connectivity index (χ1v) is 16.9. The number of hydrogen-bond donors (Lipinski definition) is 4. The average Bonchev–Trinajstić information content (AvgIpc) is 3.73. The van der Waals surface area contributed by atoms with E-state index in [0.717, 1.165) is 61.3 Å². The van der Waals surface area contributed by atoms with Gasteiger partial charge in [-0.25, -0.2) is 0 Å². The zero-order chi connectivity index (χ0) is 32.9. The van der Waals surface area contributed by atoms with Crippen molar-refractivity contribution in [3.8, 4) is 0 Å². The lowest BCUT2D eigenvalue weighted by Crippen LogP contribution is -2.14. The van der Waals surface area contributed by atoms with Gasteiger partial charge in [-0.05, 0) is 97.9 Å². The Hall–Kier alpha value is -3.04. The summed E-state index contributed by atoms with van der Waals surface area (Å²) in [5, 5.41) is 7.65. The highest BCUT2D eigenvalue weighted by Gasteiger charge is 2.35. The molecule has 5 rings (SSSR count). The van der Waals surface area contributed by atoms with Crippen molar-refractivity contribution < 1.29 is 18.9 Å². The molecule has 0 saturated carbocycles. The van der Waals surface area contributed by atoms with E-state index in [4.69, 9.17) is 18.9 Å². The maximum atomic E-state index is 5.53. The van der Waals surface area contributed by atoms with Crippen LogP contribution in [-0.2, 0) is 18.9 Å². The largest absolute Gasteiger partial charge is 0.385 e. The summed E-state index contributed by atoms with van der Waals surface area (Å²) in [5.41, 5.74) is 12.0. The molecule has 2 aromatic heterocycles. The van der Waals surface area contributed by atoms with E-state index in [1.54, 1.807) is 28.4 Å². The van der Waals surface area contributed by atoms with Gasteiger partial charge in [0.25, 0.3) is 0 Å². The third-order valence-corrected chi connectivity index (χ3v) is 9.91. The molecule has 0 spiro atoms. The summed E-state index contributed by atoms with van der Waals surface area (Å²) < 4.78 is 22.1. The van der Waals surface area contributed by atoms with E-state index in [-0.39, 0.29) is 10.8 Å². The standard InChI is InChI=1S/C38H56N4O4/c1-37(2)23-29-17-27-19-32(26(11-15-45-7)12-16-46-8)34(40-27)22-36-38(3,4)24-30(42-36)18-28-20-31(33(39-28)21-35(37)41-29)25(9-13-43-5)10-14-44-6/h17-22,25-26,39-42H,9-16,23-24H2,1-8H3. The molecule has 4 N–H and O–H groups in total. The maximum Gasteiger partial charge on any atom is 0.0468 e. The van der Waals surface area contributed by atoms with Crippen LogP contribution >= 0.6 is 0 Å². The van der Waals surface area contributed by atoms with Crippen LogP contribution in [0.25, 0.3) is 24.3 Å². The van der Waals surface area contributed by atoms with Crippen LogP contribution in [0.5, 0.6) is 0 Å². The topological polar surface area (TPSA) is 92.6 Å². The first-order valence-electron chi connectivity index (χ1n) is 16.9. The Morgan fingerprint density at radius 1 is 0.565 bits per heavy atom. The van der Waals surface area contributed by atoms with Crippen LogP contribution in [0, 0.1) is 10.8 Å². The molecule has 0 amide bonds. The van der Waals surface area contributed by atoms with Crippen molar-refractivity contribution in [2.45, 2.75) is 78.1 Å². The number of fused-ring (bicyclic) bond motifs is 8. The van der Waals surface area contributed by atoms with Crippen LogP contribution in [-0.4, -0.2) is 64.8 Å².